The summed E-state index contributed by atoms with van der Waals surface area (Å²) in [5, 5.41) is 5.07. The summed E-state index contributed by atoms with van der Waals surface area (Å²) in [5.74, 6) is 2.69. The number of hydrogen-bond acceptors (Lipinski definition) is 4. The van der Waals surface area contributed by atoms with Gasteiger partial charge in [0.1, 0.15) is 11.6 Å². The van der Waals surface area contributed by atoms with Gasteiger partial charge in [-0.3, -0.25) is 0 Å². The predicted octanol–water partition coefficient (Wildman–Crippen LogP) is 4.15. The maximum absolute atomic E-state index is 6.29. The van der Waals surface area contributed by atoms with Crippen LogP contribution in [0, 0.1) is 0 Å². The van der Waals surface area contributed by atoms with E-state index in [0.717, 1.165) is 43.4 Å². The highest BCUT2D eigenvalue weighted by atomic mass is 35.5. The smallest absolute Gasteiger partial charge is 0.150 e. The number of aromatic nitrogens is 1. The SMILES string of the molecule is CCCNc1nc(N2CCSC(C)C2)c(Cl)cc1Cl. The van der Waals surface area contributed by atoms with Crippen molar-refractivity contribution in [2.75, 3.05) is 35.6 Å². The molecule has 2 heterocycles. The van der Waals surface area contributed by atoms with E-state index in [0.29, 0.717) is 15.3 Å². The van der Waals surface area contributed by atoms with Crippen molar-refractivity contribution >= 4 is 46.6 Å². The van der Waals surface area contributed by atoms with E-state index in [9.17, 15) is 0 Å². The van der Waals surface area contributed by atoms with Gasteiger partial charge in [0, 0.05) is 30.6 Å². The van der Waals surface area contributed by atoms with Gasteiger partial charge in [-0.2, -0.15) is 11.8 Å². The van der Waals surface area contributed by atoms with Crippen LogP contribution in [-0.4, -0.2) is 35.6 Å². The van der Waals surface area contributed by atoms with Crippen LogP contribution in [0.5, 0.6) is 0 Å². The first-order valence-corrected chi connectivity index (χ1v) is 8.38. The van der Waals surface area contributed by atoms with Crippen LogP contribution >= 0.6 is 35.0 Å². The maximum Gasteiger partial charge on any atom is 0.150 e. The van der Waals surface area contributed by atoms with Crippen molar-refractivity contribution in [3.05, 3.63) is 16.1 Å². The molecule has 0 aliphatic carbocycles. The van der Waals surface area contributed by atoms with E-state index in [2.05, 4.69) is 29.0 Å². The molecule has 0 saturated carbocycles. The lowest BCUT2D eigenvalue weighted by molar-refractivity contribution is 0.770. The van der Waals surface area contributed by atoms with Crippen LogP contribution in [0.25, 0.3) is 0 Å². The Morgan fingerprint density at radius 1 is 1.47 bits per heavy atom. The Hall–Kier alpha value is -0.320. The average Bonchev–Trinajstić information content (AvgIpc) is 2.38. The lowest BCUT2D eigenvalue weighted by Crippen LogP contribution is -2.37. The highest BCUT2D eigenvalue weighted by molar-refractivity contribution is 8.00. The van der Waals surface area contributed by atoms with Crippen molar-refractivity contribution in [3.63, 3.8) is 0 Å². The molecular formula is C13H19Cl2N3S. The molecule has 1 atom stereocenters. The van der Waals surface area contributed by atoms with Crippen LogP contribution < -0.4 is 10.2 Å². The Labute approximate surface area is 129 Å². The standard InChI is InChI=1S/C13H19Cl2N3S/c1-3-4-16-12-10(14)7-11(15)13(17-12)18-5-6-19-9(2)8-18/h7,9H,3-6,8H2,1-2H3,(H,16,17). The lowest BCUT2D eigenvalue weighted by Gasteiger charge is -2.32. The molecule has 19 heavy (non-hydrogen) atoms. The van der Waals surface area contributed by atoms with E-state index in [-0.39, 0.29) is 0 Å². The molecule has 2 rings (SSSR count). The van der Waals surface area contributed by atoms with Gasteiger partial charge in [-0.1, -0.05) is 37.0 Å². The van der Waals surface area contributed by atoms with Crippen molar-refractivity contribution in [2.24, 2.45) is 0 Å². The number of hydrogen-bond donors (Lipinski definition) is 1. The summed E-state index contributed by atoms with van der Waals surface area (Å²) in [5.41, 5.74) is 0. The number of halogens is 2. The predicted molar refractivity (Wildman–Crippen MR) is 87.2 cm³/mol. The molecule has 1 saturated heterocycles. The van der Waals surface area contributed by atoms with Crippen molar-refractivity contribution < 1.29 is 0 Å². The maximum atomic E-state index is 6.29. The highest BCUT2D eigenvalue weighted by Crippen LogP contribution is 2.33. The van der Waals surface area contributed by atoms with E-state index < -0.39 is 0 Å². The van der Waals surface area contributed by atoms with E-state index in [4.69, 9.17) is 23.2 Å². The Kier molecular flexibility index (Phi) is 5.48. The number of nitrogens with one attached hydrogen (secondary N) is 1. The molecule has 6 heteroatoms. The van der Waals surface area contributed by atoms with Crippen molar-refractivity contribution in [2.45, 2.75) is 25.5 Å². The molecule has 106 valence electrons. The highest BCUT2D eigenvalue weighted by Gasteiger charge is 2.21. The molecule has 1 aromatic rings. The van der Waals surface area contributed by atoms with Gasteiger partial charge in [0.15, 0.2) is 0 Å². The molecule has 1 aromatic heterocycles. The van der Waals surface area contributed by atoms with Gasteiger partial charge in [0.25, 0.3) is 0 Å². The summed E-state index contributed by atoms with van der Waals surface area (Å²) < 4.78 is 0. The summed E-state index contributed by atoms with van der Waals surface area (Å²) in [4.78, 5) is 6.86. The zero-order valence-corrected chi connectivity index (χ0v) is 13.6. The Morgan fingerprint density at radius 2 is 2.26 bits per heavy atom. The van der Waals surface area contributed by atoms with Crippen LogP contribution in [0.1, 0.15) is 20.3 Å². The minimum atomic E-state index is 0.585. The minimum Gasteiger partial charge on any atom is -0.369 e. The Morgan fingerprint density at radius 3 is 2.95 bits per heavy atom. The summed E-state index contributed by atoms with van der Waals surface area (Å²) in [6.07, 6.45) is 1.04. The Balaban J connectivity index is 2.23. The largest absolute Gasteiger partial charge is 0.369 e. The first-order valence-electron chi connectivity index (χ1n) is 6.58. The minimum absolute atomic E-state index is 0.585. The normalized spacial score (nSPS) is 19.6. The fourth-order valence-corrected chi connectivity index (χ4v) is 3.62. The van der Waals surface area contributed by atoms with Crippen LogP contribution in [-0.2, 0) is 0 Å². The summed E-state index contributed by atoms with van der Waals surface area (Å²) in [6.45, 7) is 7.17. The monoisotopic (exact) mass is 319 g/mol. The fourth-order valence-electron chi connectivity index (χ4n) is 2.06. The summed E-state index contributed by atoms with van der Waals surface area (Å²) in [7, 11) is 0. The van der Waals surface area contributed by atoms with Crippen molar-refractivity contribution in [1.29, 1.82) is 0 Å². The molecule has 1 unspecified atom stereocenters. The molecule has 0 bridgehead atoms. The second-order valence-corrected chi connectivity index (χ2v) is 7.04. The quantitative estimate of drug-likeness (QED) is 0.902. The zero-order valence-electron chi connectivity index (χ0n) is 11.2. The number of thioether (sulfide) groups is 1. The van der Waals surface area contributed by atoms with Gasteiger partial charge < -0.3 is 10.2 Å². The molecule has 0 spiro atoms. The van der Waals surface area contributed by atoms with Crippen LogP contribution in [0.3, 0.4) is 0 Å². The Bertz CT molecular complexity index is 442. The first-order chi connectivity index (χ1) is 9.11. The summed E-state index contributed by atoms with van der Waals surface area (Å²) in [6, 6.07) is 1.79. The van der Waals surface area contributed by atoms with Gasteiger partial charge in [0.05, 0.1) is 10.0 Å². The number of pyridine rings is 1. The fraction of sp³-hybridized carbons (Fsp3) is 0.615. The van der Waals surface area contributed by atoms with E-state index in [1.54, 1.807) is 6.07 Å². The van der Waals surface area contributed by atoms with E-state index in [1.807, 2.05) is 11.8 Å². The third-order valence-corrected chi connectivity index (χ3v) is 4.70. The average molecular weight is 320 g/mol. The molecule has 0 aromatic carbocycles. The number of anilines is 2. The molecule has 1 aliphatic heterocycles. The van der Waals surface area contributed by atoms with Gasteiger partial charge in [-0.05, 0) is 12.5 Å². The molecule has 3 nitrogen and oxygen atoms in total. The third-order valence-electron chi connectivity index (χ3n) is 2.99. The zero-order chi connectivity index (χ0) is 13.8. The van der Waals surface area contributed by atoms with Crippen LogP contribution in [0.2, 0.25) is 10.0 Å². The lowest BCUT2D eigenvalue weighted by atomic mass is 10.3. The topological polar surface area (TPSA) is 28.2 Å². The van der Waals surface area contributed by atoms with Crippen molar-refractivity contribution in [3.8, 4) is 0 Å². The molecular weight excluding hydrogens is 301 g/mol. The third kappa shape index (κ3) is 3.83. The van der Waals surface area contributed by atoms with Crippen LogP contribution in [0.15, 0.2) is 6.07 Å². The number of rotatable bonds is 4. The second kappa shape index (κ2) is 6.91. The molecule has 1 aliphatic rings. The van der Waals surface area contributed by atoms with Gasteiger partial charge in [-0.25, -0.2) is 4.98 Å². The van der Waals surface area contributed by atoms with E-state index in [1.165, 1.54) is 0 Å². The molecule has 1 fully saturated rings. The van der Waals surface area contributed by atoms with Gasteiger partial charge >= 0.3 is 0 Å². The second-order valence-electron chi connectivity index (χ2n) is 4.68. The molecule has 1 N–H and O–H groups in total. The number of nitrogens with zero attached hydrogens (tertiary/aromatic N) is 2. The summed E-state index contributed by atoms with van der Waals surface area (Å²) >= 11 is 14.5. The first kappa shape index (κ1) is 15.1. The van der Waals surface area contributed by atoms with Gasteiger partial charge in [0.2, 0.25) is 0 Å². The van der Waals surface area contributed by atoms with Crippen LogP contribution in [0.4, 0.5) is 11.6 Å². The molecule has 0 radical (unpaired) electrons. The van der Waals surface area contributed by atoms with Gasteiger partial charge in [-0.15, -0.1) is 0 Å². The van der Waals surface area contributed by atoms with Crippen molar-refractivity contribution in [1.82, 2.24) is 4.98 Å². The van der Waals surface area contributed by atoms with E-state index >= 15 is 0 Å². The molecule has 0 amide bonds.